The first-order valence-electron chi connectivity index (χ1n) is 7.73. The standard InChI is InChI=1S/C17H22N2O2S/c1-18(12-17(20)21)14-6-8-19(9-7-14)11-15-10-13-4-2-3-5-16(13)22-15/h2-5,10,14H,6-9,11-12H2,1H3,(H,20,21). The average molecular weight is 318 g/mol. The molecule has 0 aliphatic carbocycles. The molecule has 2 aromatic rings. The molecule has 1 aliphatic rings. The molecule has 1 N–H and O–H groups in total. The molecule has 1 fully saturated rings. The van der Waals surface area contributed by atoms with Crippen molar-refractivity contribution >= 4 is 27.4 Å². The topological polar surface area (TPSA) is 43.8 Å². The number of carboxylic acid groups (broad SMARTS) is 1. The van der Waals surface area contributed by atoms with Gasteiger partial charge in [0.15, 0.2) is 0 Å². The van der Waals surface area contributed by atoms with Gasteiger partial charge in [-0.05, 0) is 37.4 Å². The van der Waals surface area contributed by atoms with Gasteiger partial charge in [0.25, 0.3) is 0 Å². The second-order valence-electron chi connectivity index (χ2n) is 6.07. The number of likely N-dealkylation sites (tertiary alicyclic amines) is 1. The van der Waals surface area contributed by atoms with Gasteiger partial charge < -0.3 is 5.11 Å². The molecule has 1 aromatic heterocycles. The predicted molar refractivity (Wildman–Crippen MR) is 90.4 cm³/mol. The summed E-state index contributed by atoms with van der Waals surface area (Å²) < 4.78 is 1.36. The third-order valence-electron chi connectivity index (χ3n) is 4.42. The molecule has 0 saturated carbocycles. The lowest BCUT2D eigenvalue weighted by molar-refractivity contribution is -0.138. The summed E-state index contributed by atoms with van der Waals surface area (Å²) in [5, 5.41) is 10.2. The van der Waals surface area contributed by atoms with Crippen LogP contribution in [0.3, 0.4) is 0 Å². The second-order valence-corrected chi connectivity index (χ2v) is 7.24. The number of fused-ring (bicyclic) bond motifs is 1. The van der Waals surface area contributed by atoms with Crippen LogP contribution in [-0.4, -0.2) is 53.6 Å². The van der Waals surface area contributed by atoms with Crippen molar-refractivity contribution < 1.29 is 9.90 Å². The lowest BCUT2D eigenvalue weighted by Gasteiger charge is -2.35. The zero-order chi connectivity index (χ0) is 15.5. The van der Waals surface area contributed by atoms with Gasteiger partial charge in [-0.25, -0.2) is 0 Å². The van der Waals surface area contributed by atoms with Crippen LogP contribution in [0.4, 0.5) is 0 Å². The number of hydrogen-bond acceptors (Lipinski definition) is 4. The second kappa shape index (κ2) is 6.77. The molecule has 1 aliphatic heterocycles. The fourth-order valence-corrected chi connectivity index (χ4v) is 4.30. The molecule has 0 unspecified atom stereocenters. The molecule has 0 spiro atoms. The molecule has 3 rings (SSSR count). The van der Waals surface area contributed by atoms with Gasteiger partial charge in [0.05, 0.1) is 6.54 Å². The van der Waals surface area contributed by atoms with E-state index < -0.39 is 5.97 Å². The first-order chi connectivity index (χ1) is 10.6. The summed E-state index contributed by atoms with van der Waals surface area (Å²) in [7, 11) is 1.92. The highest BCUT2D eigenvalue weighted by Gasteiger charge is 2.23. The number of likely N-dealkylation sites (N-methyl/N-ethyl adjacent to an activating group) is 1. The van der Waals surface area contributed by atoms with Crippen LogP contribution in [-0.2, 0) is 11.3 Å². The van der Waals surface area contributed by atoms with Gasteiger partial charge in [-0.1, -0.05) is 18.2 Å². The van der Waals surface area contributed by atoms with Crippen LogP contribution in [0.1, 0.15) is 17.7 Å². The lowest BCUT2D eigenvalue weighted by atomic mass is 10.0. The number of piperidine rings is 1. The van der Waals surface area contributed by atoms with Crippen molar-refractivity contribution in [2.24, 2.45) is 0 Å². The maximum absolute atomic E-state index is 10.8. The molecular weight excluding hydrogens is 296 g/mol. The Hall–Kier alpha value is -1.43. The monoisotopic (exact) mass is 318 g/mol. The maximum atomic E-state index is 10.8. The molecular formula is C17H22N2O2S. The molecule has 0 radical (unpaired) electrons. The van der Waals surface area contributed by atoms with E-state index in [1.54, 1.807) is 0 Å². The van der Waals surface area contributed by atoms with Crippen LogP contribution in [0.25, 0.3) is 10.1 Å². The number of carbonyl (C=O) groups is 1. The van der Waals surface area contributed by atoms with E-state index in [0.29, 0.717) is 6.04 Å². The van der Waals surface area contributed by atoms with E-state index in [1.807, 2.05) is 23.3 Å². The van der Waals surface area contributed by atoms with E-state index in [4.69, 9.17) is 5.11 Å². The minimum atomic E-state index is -0.741. The van der Waals surface area contributed by atoms with Gasteiger partial charge in [-0.3, -0.25) is 14.6 Å². The van der Waals surface area contributed by atoms with Crippen LogP contribution in [0.15, 0.2) is 30.3 Å². The van der Waals surface area contributed by atoms with E-state index in [9.17, 15) is 4.79 Å². The van der Waals surface area contributed by atoms with E-state index in [1.165, 1.54) is 15.0 Å². The average Bonchev–Trinajstić information content (AvgIpc) is 2.89. The minimum Gasteiger partial charge on any atom is -0.480 e. The zero-order valence-corrected chi connectivity index (χ0v) is 13.7. The number of hydrogen-bond donors (Lipinski definition) is 1. The Kier molecular flexibility index (Phi) is 4.76. The van der Waals surface area contributed by atoms with Crippen molar-refractivity contribution in [3.8, 4) is 0 Å². The van der Waals surface area contributed by atoms with Gasteiger partial charge in [0.1, 0.15) is 0 Å². The Morgan fingerprint density at radius 2 is 2.09 bits per heavy atom. The third-order valence-corrected chi connectivity index (χ3v) is 5.52. The highest BCUT2D eigenvalue weighted by atomic mass is 32.1. The first-order valence-corrected chi connectivity index (χ1v) is 8.55. The Labute approximate surface area is 135 Å². The molecule has 0 amide bonds. The molecule has 118 valence electrons. The van der Waals surface area contributed by atoms with Crippen LogP contribution < -0.4 is 0 Å². The summed E-state index contributed by atoms with van der Waals surface area (Å²) in [5.74, 6) is -0.741. The van der Waals surface area contributed by atoms with Crippen molar-refractivity contribution in [3.63, 3.8) is 0 Å². The Bertz CT molecular complexity index is 614. The number of rotatable bonds is 5. The quantitative estimate of drug-likeness (QED) is 0.920. The van der Waals surface area contributed by atoms with Gasteiger partial charge in [-0.2, -0.15) is 0 Å². The van der Waals surface area contributed by atoms with Crippen molar-refractivity contribution in [2.75, 3.05) is 26.7 Å². The highest BCUT2D eigenvalue weighted by molar-refractivity contribution is 7.19. The number of carboxylic acids is 1. The van der Waals surface area contributed by atoms with Crippen molar-refractivity contribution in [2.45, 2.75) is 25.4 Å². The minimum absolute atomic E-state index is 0.140. The summed E-state index contributed by atoms with van der Waals surface area (Å²) in [4.78, 5) is 16.7. The molecule has 2 heterocycles. The van der Waals surface area contributed by atoms with Crippen molar-refractivity contribution in [1.29, 1.82) is 0 Å². The summed E-state index contributed by atoms with van der Waals surface area (Å²) >= 11 is 1.88. The van der Waals surface area contributed by atoms with E-state index in [2.05, 4.69) is 35.2 Å². The molecule has 0 bridgehead atoms. The van der Waals surface area contributed by atoms with Crippen LogP contribution in [0, 0.1) is 0 Å². The summed E-state index contributed by atoms with van der Waals surface area (Å²) in [6, 6.07) is 11.2. The highest BCUT2D eigenvalue weighted by Crippen LogP contribution is 2.27. The molecule has 1 saturated heterocycles. The largest absolute Gasteiger partial charge is 0.480 e. The summed E-state index contributed by atoms with van der Waals surface area (Å²) in [5.41, 5.74) is 0. The molecule has 0 atom stereocenters. The van der Waals surface area contributed by atoms with Crippen molar-refractivity contribution in [1.82, 2.24) is 9.80 Å². The van der Waals surface area contributed by atoms with Crippen LogP contribution >= 0.6 is 11.3 Å². The maximum Gasteiger partial charge on any atom is 0.317 e. The number of benzene rings is 1. The lowest BCUT2D eigenvalue weighted by Crippen LogP contribution is -2.44. The third kappa shape index (κ3) is 3.66. The summed E-state index contributed by atoms with van der Waals surface area (Å²) in [6.07, 6.45) is 2.10. The fraction of sp³-hybridized carbons (Fsp3) is 0.471. The van der Waals surface area contributed by atoms with Gasteiger partial charge in [0, 0.05) is 35.3 Å². The van der Waals surface area contributed by atoms with E-state index in [0.717, 1.165) is 32.5 Å². The SMILES string of the molecule is CN(CC(=O)O)C1CCN(Cc2cc3ccccc3s2)CC1. The van der Waals surface area contributed by atoms with Crippen LogP contribution in [0.5, 0.6) is 0 Å². The van der Waals surface area contributed by atoms with Gasteiger partial charge >= 0.3 is 5.97 Å². The predicted octanol–water partition coefficient (Wildman–Crippen LogP) is 2.88. The first kappa shape index (κ1) is 15.5. The smallest absolute Gasteiger partial charge is 0.317 e. The normalized spacial score (nSPS) is 17.4. The van der Waals surface area contributed by atoms with Gasteiger partial charge in [-0.15, -0.1) is 11.3 Å². The van der Waals surface area contributed by atoms with E-state index >= 15 is 0 Å². The number of nitrogens with zero attached hydrogens (tertiary/aromatic N) is 2. The molecule has 5 heteroatoms. The number of thiophene rings is 1. The Morgan fingerprint density at radius 3 is 2.77 bits per heavy atom. The molecule has 22 heavy (non-hydrogen) atoms. The molecule has 1 aromatic carbocycles. The Balaban J connectivity index is 1.54. The zero-order valence-electron chi connectivity index (χ0n) is 12.9. The van der Waals surface area contributed by atoms with Crippen molar-refractivity contribution in [3.05, 3.63) is 35.2 Å². The van der Waals surface area contributed by atoms with Gasteiger partial charge in [0.2, 0.25) is 0 Å². The Morgan fingerprint density at radius 1 is 1.36 bits per heavy atom. The molecule has 4 nitrogen and oxygen atoms in total. The summed E-state index contributed by atoms with van der Waals surface area (Å²) in [6.45, 7) is 3.24. The number of aliphatic carboxylic acids is 1. The fourth-order valence-electron chi connectivity index (χ4n) is 3.20. The van der Waals surface area contributed by atoms with Crippen LogP contribution in [0.2, 0.25) is 0 Å². The van der Waals surface area contributed by atoms with E-state index in [-0.39, 0.29) is 6.54 Å².